The van der Waals surface area contributed by atoms with E-state index in [0.29, 0.717) is 12.0 Å². The van der Waals surface area contributed by atoms with Gasteiger partial charge in [-0.3, -0.25) is 0 Å². The molecular weight excluding hydrogens is 194 g/mol. The topological polar surface area (TPSA) is 32.3 Å². The van der Waals surface area contributed by atoms with E-state index in [2.05, 4.69) is 5.32 Å². The highest BCUT2D eigenvalue weighted by Gasteiger charge is 2.24. The predicted molar refractivity (Wildman–Crippen MR) is 61.7 cm³/mol. The van der Waals surface area contributed by atoms with E-state index >= 15 is 0 Å². The van der Waals surface area contributed by atoms with E-state index in [0.717, 1.165) is 6.54 Å². The fourth-order valence-electron chi connectivity index (χ4n) is 2.49. The first-order valence-corrected chi connectivity index (χ1v) is 7.01. The zero-order chi connectivity index (χ0) is 9.80. The molecular formula is C11H21NOS. The van der Waals surface area contributed by atoms with Crippen LogP contribution in [-0.2, 0) is 0 Å². The molecule has 1 saturated heterocycles. The van der Waals surface area contributed by atoms with E-state index in [1.165, 1.54) is 43.6 Å². The van der Waals surface area contributed by atoms with Crippen molar-refractivity contribution in [1.82, 2.24) is 5.32 Å². The second-order valence-electron chi connectivity index (χ2n) is 4.58. The van der Waals surface area contributed by atoms with Gasteiger partial charge < -0.3 is 10.4 Å². The van der Waals surface area contributed by atoms with Gasteiger partial charge in [0, 0.05) is 18.3 Å². The molecule has 0 aromatic heterocycles. The third-order valence-corrected chi connectivity index (χ3v) is 4.65. The summed E-state index contributed by atoms with van der Waals surface area (Å²) in [6.07, 6.45) is 6.30. The first-order chi connectivity index (χ1) is 6.86. The minimum absolute atomic E-state index is 0.0944. The summed E-state index contributed by atoms with van der Waals surface area (Å²) >= 11 is 2.02. The molecule has 1 heterocycles. The van der Waals surface area contributed by atoms with Gasteiger partial charge in [0.2, 0.25) is 0 Å². The summed E-state index contributed by atoms with van der Waals surface area (Å²) < 4.78 is 0. The first kappa shape index (κ1) is 10.8. The van der Waals surface area contributed by atoms with Gasteiger partial charge in [-0.05, 0) is 30.9 Å². The highest BCUT2D eigenvalue weighted by atomic mass is 32.2. The monoisotopic (exact) mass is 215 g/mol. The highest BCUT2D eigenvalue weighted by Crippen LogP contribution is 2.27. The Balaban J connectivity index is 1.63. The molecule has 3 heteroatoms. The molecule has 0 radical (unpaired) electrons. The van der Waals surface area contributed by atoms with Crippen LogP contribution in [0.15, 0.2) is 0 Å². The average Bonchev–Trinajstić information content (AvgIpc) is 2.87. The lowest BCUT2D eigenvalue weighted by Crippen LogP contribution is -2.38. The Morgan fingerprint density at radius 1 is 1.29 bits per heavy atom. The first-order valence-electron chi connectivity index (χ1n) is 5.85. The number of rotatable bonds is 4. The normalized spacial score (nSPS) is 31.1. The average molecular weight is 215 g/mol. The number of aliphatic hydroxyl groups is 1. The van der Waals surface area contributed by atoms with Crippen molar-refractivity contribution in [3.05, 3.63) is 0 Å². The van der Waals surface area contributed by atoms with E-state index in [9.17, 15) is 5.11 Å². The lowest BCUT2D eigenvalue weighted by molar-refractivity contribution is 0.107. The molecule has 2 rings (SSSR count). The molecule has 2 N–H and O–H groups in total. The van der Waals surface area contributed by atoms with Crippen LogP contribution in [0, 0.1) is 5.92 Å². The molecule has 14 heavy (non-hydrogen) atoms. The summed E-state index contributed by atoms with van der Waals surface area (Å²) in [7, 11) is 0. The quantitative estimate of drug-likeness (QED) is 0.747. The summed E-state index contributed by atoms with van der Waals surface area (Å²) in [5.41, 5.74) is 0. The van der Waals surface area contributed by atoms with Crippen molar-refractivity contribution >= 4 is 11.8 Å². The maximum absolute atomic E-state index is 9.94. The highest BCUT2D eigenvalue weighted by molar-refractivity contribution is 7.99. The van der Waals surface area contributed by atoms with E-state index in [1.807, 2.05) is 11.8 Å². The van der Waals surface area contributed by atoms with Gasteiger partial charge in [0.15, 0.2) is 0 Å². The summed E-state index contributed by atoms with van der Waals surface area (Å²) in [4.78, 5) is 0. The van der Waals surface area contributed by atoms with Crippen molar-refractivity contribution in [3.8, 4) is 0 Å². The SMILES string of the molecule is OC(CNC1CCSC1)C1CCCC1. The summed E-state index contributed by atoms with van der Waals surface area (Å²) in [6, 6.07) is 0.663. The molecule has 0 spiro atoms. The molecule has 1 aliphatic carbocycles. The Kier molecular flexibility index (Phi) is 4.14. The van der Waals surface area contributed by atoms with Crippen molar-refractivity contribution < 1.29 is 5.11 Å². The Labute approximate surface area is 90.8 Å². The minimum Gasteiger partial charge on any atom is -0.392 e. The number of thioether (sulfide) groups is 1. The van der Waals surface area contributed by atoms with E-state index < -0.39 is 0 Å². The molecule has 2 unspecified atom stereocenters. The molecule has 2 nitrogen and oxygen atoms in total. The maximum Gasteiger partial charge on any atom is 0.0692 e. The fourth-order valence-corrected chi connectivity index (χ4v) is 3.68. The maximum atomic E-state index is 9.94. The number of nitrogens with one attached hydrogen (secondary N) is 1. The molecule has 2 fully saturated rings. The summed E-state index contributed by atoms with van der Waals surface area (Å²) in [5.74, 6) is 3.10. The third kappa shape index (κ3) is 2.88. The second kappa shape index (κ2) is 5.38. The van der Waals surface area contributed by atoms with Crippen LogP contribution in [0.5, 0.6) is 0 Å². The van der Waals surface area contributed by atoms with Crippen molar-refractivity contribution in [2.45, 2.75) is 44.2 Å². The Hall–Kier alpha value is 0.270. The number of aliphatic hydroxyl groups excluding tert-OH is 1. The number of hydrogen-bond donors (Lipinski definition) is 2. The lowest BCUT2D eigenvalue weighted by Gasteiger charge is -2.20. The molecule has 0 amide bonds. The van der Waals surface area contributed by atoms with Gasteiger partial charge in [-0.25, -0.2) is 0 Å². The van der Waals surface area contributed by atoms with Gasteiger partial charge in [-0.1, -0.05) is 12.8 Å². The van der Waals surface area contributed by atoms with Gasteiger partial charge in [-0.2, -0.15) is 11.8 Å². The molecule has 1 saturated carbocycles. The number of hydrogen-bond acceptors (Lipinski definition) is 3. The van der Waals surface area contributed by atoms with E-state index in [1.54, 1.807) is 0 Å². The molecule has 82 valence electrons. The van der Waals surface area contributed by atoms with Gasteiger partial charge in [-0.15, -0.1) is 0 Å². The third-order valence-electron chi connectivity index (χ3n) is 3.49. The minimum atomic E-state index is -0.0944. The molecule has 0 aromatic rings. The van der Waals surface area contributed by atoms with Gasteiger partial charge in [0.25, 0.3) is 0 Å². The van der Waals surface area contributed by atoms with Crippen LogP contribution >= 0.6 is 11.8 Å². The molecule has 1 aliphatic heterocycles. The van der Waals surface area contributed by atoms with Crippen molar-refractivity contribution in [3.63, 3.8) is 0 Å². The molecule has 0 aromatic carbocycles. The van der Waals surface area contributed by atoms with Crippen LogP contribution in [0.2, 0.25) is 0 Å². The zero-order valence-corrected chi connectivity index (χ0v) is 9.56. The standard InChI is InChI=1S/C11H21NOS/c13-11(9-3-1-2-4-9)7-12-10-5-6-14-8-10/h9-13H,1-8H2. The summed E-state index contributed by atoms with van der Waals surface area (Å²) in [6.45, 7) is 0.815. The van der Waals surface area contributed by atoms with E-state index in [-0.39, 0.29) is 6.10 Å². The lowest BCUT2D eigenvalue weighted by atomic mass is 10.0. The molecule has 2 atom stereocenters. The second-order valence-corrected chi connectivity index (χ2v) is 5.73. The van der Waals surface area contributed by atoms with Crippen molar-refractivity contribution in [2.24, 2.45) is 5.92 Å². The van der Waals surface area contributed by atoms with Crippen LogP contribution in [0.4, 0.5) is 0 Å². The molecule has 0 bridgehead atoms. The zero-order valence-electron chi connectivity index (χ0n) is 8.74. The summed E-state index contributed by atoms with van der Waals surface area (Å²) in [5, 5.41) is 13.4. The Morgan fingerprint density at radius 3 is 2.71 bits per heavy atom. The van der Waals surface area contributed by atoms with Gasteiger partial charge >= 0.3 is 0 Å². The predicted octanol–water partition coefficient (Wildman–Crippen LogP) is 1.63. The Morgan fingerprint density at radius 2 is 2.07 bits per heavy atom. The fraction of sp³-hybridized carbons (Fsp3) is 1.00. The van der Waals surface area contributed by atoms with Crippen molar-refractivity contribution in [2.75, 3.05) is 18.1 Å². The largest absolute Gasteiger partial charge is 0.392 e. The van der Waals surface area contributed by atoms with Gasteiger partial charge in [0.05, 0.1) is 6.10 Å². The van der Waals surface area contributed by atoms with Crippen LogP contribution < -0.4 is 5.32 Å². The van der Waals surface area contributed by atoms with Gasteiger partial charge in [0.1, 0.15) is 0 Å². The van der Waals surface area contributed by atoms with Crippen LogP contribution in [0.3, 0.4) is 0 Å². The van der Waals surface area contributed by atoms with Crippen LogP contribution in [0.1, 0.15) is 32.1 Å². The Bertz CT molecular complexity index is 165. The smallest absolute Gasteiger partial charge is 0.0692 e. The van der Waals surface area contributed by atoms with Crippen LogP contribution in [-0.4, -0.2) is 35.3 Å². The molecule has 2 aliphatic rings. The van der Waals surface area contributed by atoms with Crippen molar-refractivity contribution in [1.29, 1.82) is 0 Å². The van der Waals surface area contributed by atoms with E-state index in [4.69, 9.17) is 0 Å². The van der Waals surface area contributed by atoms with Crippen LogP contribution in [0.25, 0.3) is 0 Å².